The number of aryl methyl sites for hydroxylation is 2. The summed E-state index contributed by atoms with van der Waals surface area (Å²) in [5.41, 5.74) is 5.64. The third kappa shape index (κ3) is 3.13. The van der Waals surface area contributed by atoms with Gasteiger partial charge >= 0.3 is 0 Å². The van der Waals surface area contributed by atoms with Gasteiger partial charge in [-0.3, -0.25) is 4.98 Å². The van der Waals surface area contributed by atoms with Crippen molar-refractivity contribution in [2.45, 2.75) is 51.5 Å². The molecule has 1 saturated heterocycles. The second-order valence-corrected chi connectivity index (χ2v) is 9.56. The molecule has 0 aromatic carbocycles. The van der Waals surface area contributed by atoms with Crippen molar-refractivity contribution >= 4 is 27.3 Å². The van der Waals surface area contributed by atoms with E-state index in [0.29, 0.717) is 5.92 Å². The van der Waals surface area contributed by atoms with Crippen molar-refractivity contribution in [2.24, 2.45) is 0 Å². The first kappa shape index (κ1) is 17.5. The Hall–Kier alpha value is -2.38. The number of nitrogens with zero attached hydrogens (tertiary/aromatic N) is 6. The van der Waals surface area contributed by atoms with Gasteiger partial charge in [-0.1, -0.05) is 0 Å². The summed E-state index contributed by atoms with van der Waals surface area (Å²) in [5, 5.41) is 4.71. The Morgan fingerprint density at radius 3 is 2.62 bits per heavy atom. The van der Waals surface area contributed by atoms with E-state index in [4.69, 9.17) is 15.1 Å². The van der Waals surface area contributed by atoms with Crippen LogP contribution in [-0.2, 0) is 0 Å². The van der Waals surface area contributed by atoms with Crippen LogP contribution in [0.15, 0.2) is 24.5 Å². The summed E-state index contributed by atoms with van der Waals surface area (Å²) in [6.45, 7) is 6.53. The smallest absolute Gasteiger partial charge is 0.156 e. The van der Waals surface area contributed by atoms with Crippen LogP contribution in [0, 0.1) is 13.8 Å². The molecule has 0 atom stereocenters. The highest BCUT2D eigenvalue weighted by Crippen LogP contribution is 2.38. The average molecular weight is 405 g/mol. The second kappa shape index (κ2) is 6.57. The molecule has 0 N–H and O–H groups in total. The first-order valence-electron chi connectivity index (χ1n) is 10.5. The lowest BCUT2D eigenvalue weighted by Gasteiger charge is -2.31. The topological polar surface area (TPSA) is 59.2 Å². The van der Waals surface area contributed by atoms with E-state index >= 15 is 0 Å². The molecule has 1 aliphatic heterocycles. The van der Waals surface area contributed by atoms with E-state index < -0.39 is 0 Å². The first-order chi connectivity index (χ1) is 14.1. The normalized spacial score (nSPS) is 18.8. The number of imidazole rings is 1. The van der Waals surface area contributed by atoms with E-state index in [9.17, 15) is 0 Å². The molecule has 0 amide bonds. The summed E-state index contributed by atoms with van der Waals surface area (Å²) in [6.07, 6.45) is 9.13. The first-order valence-corrected chi connectivity index (χ1v) is 11.3. The summed E-state index contributed by atoms with van der Waals surface area (Å²) in [6, 6.07) is 5.20. The number of hydrogen-bond donors (Lipinski definition) is 0. The van der Waals surface area contributed by atoms with Crippen LogP contribution in [0.2, 0.25) is 0 Å². The molecule has 0 spiro atoms. The molecule has 0 bridgehead atoms. The Balaban J connectivity index is 1.31. The van der Waals surface area contributed by atoms with Gasteiger partial charge in [0.25, 0.3) is 0 Å². The predicted molar refractivity (Wildman–Crippen MR) is 115 cm³/mol. The van der Waals surface area contributed by atoms with Crippen molar-refractivity contribution in [1.82, 2.24) is 29.5 Å². The average Bonchev–Trinajstić information content (AvgIpc) is 3.37. The van der Waals surface area contributed by atoms with Crippen molar-refractivity contribution in [1.29, 1.82) is 0 Å². The van der Waals surface area contributed by atoms with Crippen LogP contribution in [-0.4, -0.2) is 48.6 Å². The summed E-state index contributed by atoms with van der Waals surface area (Å²) in [5.74, 6) is 0.653. The second-order valence-electron chi connectivity index (χ2n) is 8.50. The van der Waals surface area contributed by atoms with Crippen LogP contribution in [0.1, 0.15) is 47.7 Å². The van der Waals surface area contributed by atoms with E-state index in [2.05, 4.69) is 28.9 Å². The lowest BCUT2D eigenvalue weighted by Crippen LogP contribution is -2.34. The molecule has 2 aliphatic rings. The fourth-order valence-electron chi connectivity index (χ4n) is 4.51. The van der Waals surface area contributed by atoms with E-state index in [-0.39, 0.29) is 0 Å². The number of thiophene rings is 1. The Bertz CT molecular complexity index is 1210. The van der Waals surface area contributed by atoms with Crippen LogP contribution in [0.3, 0.4) is 0 Å². The lowest BCUT2D eigenvalue weighted by molar-refractivity contribution is 0.204. The molecule has 4 aromatic heterocycles. The monoisotopic (exact) mass is 404 g/mol. The molecule has 0 unspecified atom stereocenters. The molecular weight excluding hydrogens is 380 g/mol. The van der Waals surface area contributed by atoms with Gasteiger partial charge in [0.2, 0.25) is 0 Å². The highest BCUT2D eigenvalue weighted by molar-refractivity contribution is 7.18. The molecule has 0 radical (unpaired) electrons. The molecule has 7 heteroatoms. The fraction of sp³-hybridized carbons (Fsp3) is 0.455. The number of hydrogen-bond acceptors (Lipinski definition) is 6. The standard InChI is InChI=1S/C22H24N6S/c1-13-9-17(26-28-12-14(2)24-21(13)28)19-11-23-18-10-20(29-22(18)25-19)15-5-7-27(8-6-15)16-3-4-16/h9-12,15-16H,3-8H2,1-2H3. The van der Waals surface area contributed by atoms with E-state index in [1.807, 2.05) is 35.2 Å². The van der Waals surface area contributed by atoms with Gasteiger partial charge < -0.3 is 4.90 Å². The molecule has 4 aromatic rings. The van der Waals surface area contributed by atoms with Gasteiger partial charge in [-0.05, 0) is 76.2 Å². The zero-order chi connectivity index (χ0) is 19.5. The third-order valence-corrected chi connectivity index (χ3v) is 7.43. The fourth-order valence-corrected chi connectivity index (χ4v) is 5.67. The van der Waals surface area contributed by atoms with Crippen molar-refractivity contribution in [3.63, 3.8) is 0 Å². The molecular formula is C22H24N6S. The molecule has 6 rings (SSSR count). The lowest BCUT2D eigenvalue weighted by atomic mass is 9.95. The van der Waals surface area contributed by atoms with Gasteiger partial charge in [-0.2, -0.15) is 5.10 Å². The maximum absolute atomic E-state index is 4.92. The van der Waals surface area contributed by atoms with E-state index in [1.165, 1.54) is 43.6 Å². The minimum absolute atomic E-state index is 0.653. The van der Waals surface area contributed by atoms with Crippen molar-refractivity contribution in [2.75, 3.05) is 13.1 Å². The Morgan fingerprint density at radius 1 is 1.00 bits per heavy atom. The number of piperidine rings is 1. The quantitative estimate of drug-likeness (QED) is 0.508. The third-order valence-electron chi connectivity index (χ3n) is 6.25. The number of fused-ring (bicyclic) bond motifs is 2. The molecule has 29 heavy (non-hydrogen) atoms. The van der Waals surface area contributed by atoms with Gasteiger partial charge in [-0.25, -0.2) is 14.5 Å². The highest BCUT2D eigenvalue weighted by Gasteiger charge is 2.32. The Morgan fingerprint density at radius 2 is 1.83 bits per heavy atom. The van der Waals surface area contributed by atoms with Crippen LogP contribution in [0.4, 0.5) is 0 Å². The highest BCUT2D eigenvalue weighted by atomic mass is 32.1. The zero-order valence-electron chi connectivity index (χ0n) is 16.8. The molecule has 6 nitrogen and oxygen atoms in total. The van der Waals surface area contributed by atoms with Crippen molar-refractivity contribution < 1.29 is 0 Å². The summed E-state index contributed by atoms with van der Waals surface area (Å²) in [7, 11) is 0. The summed E-state index contributed by atoms with van der Waals surface area (Å²) in [4.78, 5) is 19.3. The molecule has 5 heterocycles. The van der Waals surface area contributed by atoms with Gasteiger partial charge in [0.05, 0.1) is 18.1 Å². The largest absolute Gasteiger partial charge is 0.300 e. The van der Waals surface area contributed by atoms with E-state index in [1.54, 1.807) is 0 Å². The maximum atomic E-state index is 4.92. The predicted octanol–water partition coefficient (Wildman–Crippen LogP) is 4.36. The summed E-state index contributed by atoms with van der Waals surface area (Å²) >= 11 is 1.81. The minimum Gasteiger partial charge on any atom is -0.300 e. The van der Waals surface area contributed by atoms with Gasteiger partial charge in [0.1, 0.15) is 21.7 Å². The van der Waals surface area contributed by atoms with Gasteiger partial charge in [0, 0.05) is 10.9 Å². The minimum atomic E-state index is 0.653. The maximum Gasteiger partial charge on any atom is 0.156 e. The van der Waals surface area contributed by atoms with Gasteiger partial charge in [-0.15, -0.1) is 11.3 Å². The Kier molecular flexibility index (Phi) is 3.96. The molecule has 1 aliphatic carbocycles. The van der Waals surface area contributed by atoms with Crippen molar-refractivity contribution in [3.05, 3.63) is 40.7 Å². The van der Waals surface area contributed by atoms with Crippen LogP contribution in [0.25, 0.3) is 27.4 Å². The SMILES string of the molecule is Cc1cn2nc(-c3cnc4cc(C5CCN(C6CC6)CC5)sc4n3)cc(C)c2n1. The summed E-state index contributed by atoms with van der Waals surface area (Å²) < 4.78 is 1.85. The van der Waals surface area contributed by atoms with Gasteiger partial charge in [0.15, 0.2) is 5.65 Å². The number of likely N-dealkylation sites (tertiary alicyclic amines) is 1. The van der Waals surface area contributed by atoms with Crippen molar-refractivity contribution in [3.8, 4) is 11.4 Å². The van der Waals surface area contributed by atoms with Crippen LogP contribution < -0.4 is 0 Å². The molecule has 148 valence electrons. The Labute approximate surface area is 173 Å². The number of aromatic nitrogens is 5. The van der Waals surface area contributed by atoms with Crippen LogP contribution in [0.5, 0.6) is 0 Å². The molecule has 2 fully saturated rings. The van der Waals surface area contributed by atoms with E-state index in [0.717, 1.165) is 44.7 Å². The molecule has 1 saturated carbocycles. The zero-order valence-corrected chi connectivity index (χ0v) is 17.6. The van der Waals surface area contributed by atoms with Crippen LogP contribution >= 0.6 is 11.3 Å². The number of rotatable bonds is 3.